The Morgan fingerprint density at radius 1 is 1.24 bits per heavy atom. The van der Waals surface area contributed by atoms with Crippen LogP contribution in [0.2, 0.25) is 0 Å². The van der Waals surface area contributed by atoms with Gasteiger partial charge in [0.15, 0.2) is 5.16 Å². The standard InChI is InChI=1S/C17H26N2OS/c1-19-15(11-20)10-18-16(19)21-3-2-17-7-12-4-13(8-17)6-14(5-12)9-17/h10,12-14,20H,2-9,11H2,1H3. The molecule has 4 heteroatoms. The molecule has 4 aliphatic carbocycles. The molecule has 0 unspecified atom stereocenters. The van der Waals surface area contributed by atoms with E-state index in [4.69, 9.17) is 0 Å². The molecular weight excluding hydrogens is 280 g/mol. The van der Waals surface area contributed by atoms with Crippen molar-refractivity contribution in [1.82, 2.24) is 9.55 Å². The Balaban J connectivity index is 1.37. The highest BCUT2D eigenvalue weighted by atomic mass is 32.2. The zero-order chi connectivity index (χ0) is 14.4. The largest absolute Gasteiger partial charge is 0.390 e. The third-order valence-electron chi connectivity index (χ3n) is 6.23. The van der Waals surface area contributed by atoms with Crippen LogP contribution >= 0.6 is 11.8 Å². The monoisotopic (exact) mass is 306 g/mol. The van der Waals surface area contributed by atoms with Crippen LogP contribution in [0.15, 0.2) is 11.4 Å². The highest BCUT2D eigenvalue weighted by Gasteiger charge is 2.50. The first kappa shape index (κ1) is 14.1. The molecule has 4 bridgehead atoms. The molecule has 1 heterocycles. The molecule has 116 valence electrons. The first-order chi connectivity index (χ1) is 10.2. The summed E-state index contributed by atoms with van der Waals surface area (Å²) in [4.78, 5) is 4.44. The molecule has 5 rings (SSSR count). The van der Waals surface area contributed by atoms with Gasteiger partial charge in [-0.2, -0.15) is 0 Å². The summed E-state index contributed by atoms with van der Waals surface area (Å²) in [5, 5.41) is 10.3. The van der Waals surface area contributed by atoms with E-state index in [0.29, 0.717) is 5.41 Å². The summed E-state index contributed by atoms with van der Waals surface area (Å²) in [6.45, 7) is 0.0824. The molecule has 4 aliphatic rings. The number of thioether (sulfide) groups is 1. The van der Waals surface area contributed by atoms with Crippen molar-refractivity contribution in [3.8, 4) is 0 Å². The smallest absolute Gasteiger partial charge is 0.167 e. The number of aromatic nitrogens is 2. The molecule has 4 fully saturated rings. The van der Waals surface area contributed by atoms with Crippen molar-refractivity contribution in [2.45, 2.75) is 56.7 Å². The summed E-state index contributed by atoms with van der Waals surface area (Å²) >= 11 is 1.87. The predicted molar refractivity (Wildman–Crippen MR) is 85.1 cm³/mol. The number of aliphatic hydroxyl groups is 1. The van der Waals surface area contributed by atoms with Gasteiger partial charge in [0.05, 0.1) is 18.5 Å². The third kappa shape index (κ3) is 2.55. The molecule has 0 radical (unpaired) electrons. The highest BCUT2D eigenvalue weighted by Crippen LogP contribution is 2.61. The van der Waals surface area contributed by atoms with Gasteiger partial charge in [0.1, 0.15) is 0 Å². The molecule has 4 saturated carbocycles. The number of nitrogens with zero attached hydrogens (tertiary/aromatic N) is 2. The quantitative estimate of drug-likeness (QED) is 0.845. The van der Waals surface area contributed by atoms with Gasteiger partial charge < -0.3 is 9.67 Å². The number of imidazole rings is 1. The van der Waals surface area contributed by atoms with E-state index in [9.17, 15) is 5.11 Å². The average Bonchev–Trinajstić information content (AvgIpc) is 2.78. The van der Waals surface area contributed by atoms with Crippen LogP contribution < -0.4 is 0 Å². The van der Waals surface area contributed by atoms with E-state index in [1.54, 1.807) is 6.20 Å². The fraction of sp³-hybridized carbons (Fsp3) is 0.824. The van der Waals surface area contributed by atoms with Crippen LogP contribution in [-0.4, -0.2) is 20.4 Å². The predicted octanol–water partition coefficient (Wildman–Crippen LogP) is 3.61. The van der Waals surface area contributed by atoms with Crippen LogP contribution in [0.25, 0.3) is 0 Å². The highest BCUT2D eigenvalue weighted by molar-refractivity contribution is 7.99. The number of hydrogen-bond acceptors (Lipinski definition) is 3. The molecule has 0 saturated heterocycles. The Morgan fingerprint density at radius 3 is 2.38 bits per heavy atom. The second-order valence-corrected chi connectivity index (χ2v) is 8.83. The number of rotatable bonds is 5. The zero-order valence-electron chi connectivity index (χ0n) is 12.9. The molecule has 0 amide bonds. The summed E-state index contributed by atoms with van der Waals surface area (Å²) in [5.41, 5.74) is 1.58. The molecule has 1 aromatic rings. The minimum atomic E-state index is 0.0824. The lowest BCUT2D eigenvalue weighted by atomic mass is 9.49. The van der Waals surface area contributed by atoms with Gasteiger partial charge in [0.25, 0.3) is 0 Å². The lowest BCUT2D eigenvalue weighted by molar-refractivity contribution is -0.0538. The normalized spacial score (nSPS) is 37.3. The lowest BCUT2D eigenvalue weighted by Crippen LogP contribution is -2.46. The summed E-state index contributed by atoms with van der Waals surface area (Å²) in [6, 6.07) is 0. The van der Waals surface area contributed by atoms with Crippen LogP contribution in [-0.2, 0) is 13.7 Å². The molecule has 1 N–H and O–H groups in total. The van der Waals surface area contributed by atoms with Crippen molar-refractivity contribution in [1.29, 1.82) is 0 Å². The molecule has 0 spiro atoms. The first-order valence-corrected chi connectivity index (χ1v) is 9.40. The van der Waals surface area contributed by atoms with Crippen molar-refractivity contribution in [3.05, 3.63) is 11.9 Å². The Kier molecular flexibility index (Phi) is 3.57. The van der Waals surface area contributed by atoms with E-state index in [2.05, 4.69) is 4.98 Å². The summed E-state index contributed by atoms with van der Waals surface area (Å²) in [7, 11) is 2.01. The second kappa shape index (κ2) is 5.31. The van der Waals surface area contributed by atoms with Crippen LogP contribution in [0.3, 0.4) is 0 Å². The van der Waals surface area contributed by atoms with Crippen molar-refractivity contribution >= 4 is 11.8 Å². The second-order valence-electron chi connectivity index (χ2n) is 7.77. The minimum Gasteiger partial charge on any atom is -0.390 e. The average molecular weight is 306 g/mol. The lowest BCUT2D eigenvalue weighted by Gasteiger charge is -2.57. The molecule has 21 heavy (non-hydrogen) atoms. The van der Waals surface area contributed by atoms with Gasteiger partial charge in [-0.05, 0) is 68.1 Å². The summed E-state index contributed by atoms with van der Waals surface area (Å²) < 4.78 is 2.03. The van der Waals surface area contributed by atoms with Gasteiger partial charge in [-0.25, -0.2) is 4.98 Å². The van der Waals surface area contributed by atoms with Gasteiger partial charge in [-0.1, -0.05) is 11.8 Å². The SMILES string of the molecule is Cn1c(CO)cnc1SCCC12CC3CC(CC(C3)C1)C2. The van der Waals surface area contributed by atoms with Crippen LogP contribution in [0.1, 0.15) is 50.6 Å². The van der Waals surface area contributed by atoms with Gasteiger partial charge in [0.2, 0.25) is 0 Å². The maximum absolute atomic E-state index is 9.24. The molecule has 1 aromatic heterocycles. The van der Waals surface area contributed by atoms with Crippen molar-refractivity contribution in [3.63, 3.8) is 0 Å². The Hall–Kier alpha value is -0.480. The minimum absolute atomic E-state index is 0.0824. The van der Waals surface area contributed by atoms with Crippen LogP contribution in [0.5, 0.6) is 0 Å². The Labute approximate surface area is 131 Å². The molecule has 0 aliphatic heterocycles. The maximum atomic E-state index is 9.24. The summed E-state index contributed by atoms with van der Waals surface area (Å²) in [6.07, 6.45) is 12.3. The maximum Gasteiger partial charge on any atom is 0.167 e. The molecular formula is C17H26N2OS. The molecule has 0 aromatic carbocycles. The van der Waals surface area contributed by atoms with E-state index in [-0.39, 0.29) is 6.61 Å². The Bertz CT molecular complexity index is 490. The van der Waals surface area contributed by atoms with E-state index in [1.165, 1.54) is 50.7 Å². The van der Waals surface area contributed by atoms with Crippen molar-refractivity contribution in [2.75, 3.05) is 5.75 Å². The van der Waals surface area contributed by atoms with Gasteiger partial charge in [-0.15, -0.1) is 0 Å². The fourth-order valence-electron chi connectivity index (χ4n) is 5.66. The van der Waals surface area contributed by atoms with Gasteiger partial charge >= 0.3 is 0 Å². The van der Waals surface area contributed by atoms with Crippen molar-refractivity contribution in [2.24, 2.45) is 30.2 Å². The summed E-state index contributed by atoms with van der Waals surface area (Å²) in [5.74, 6) is 4.34. The first-order valence-electron chi connectivity index (χ1n) is 8.42. The Morgan fingerprint density at radius 2 is 1.86 bits per heavy atom. The van der Waals surface area contributed by atoms with E-state index in [0.717, 1.165) is 28.6 Å². The fourth-order valence-corrected chi connectivity index (χ4v) is 6.82. The topological polar surface area (TPSA) is 38.0 Å². The molecule has 3 nitrogen and oxygen atoms in total. The molecule has 0 atom stereocenters. The van der Waals surface area contributed by atoms with Gasteiger partial charge in [-0.3, -0.25) is 0 Å². The number of aliphatic hydroxyl groups excluding tert-OH is 1. The van der Waals surface area contributed by atoms with Gasteiger partial charge in [0, 0.05) is 12.8 Å². The van der Waals surface area contributed by atoms with E-state index in [1.807, 2.05) is 23.4 Å². The third-order valence-corrected chi connectivity index (χ3v) is 7.28. The zero-order valence-corrected chi connectivity index (χ0v) is 13.7. The number of hydrogen-bond donors (Lipinski definition) is 1. The van der Waals surface area contributed by atoms with E-state index >= 15 is 0 Å². The van der Waals surface area contributed by atoms with Crippen LogP contribution in [0, 0.1) is 23.2 Å². The van der Waals surface area contributed by atoms with E-state index < -0.39 is 0 Å². The van der Waals surface area contributed by atoms with Crippen LogP contribution in [0.4, 0.5) is 0 Å². The van der Waals surface area contributed by atoms with Crippen molar-refractivity contribution < 1.29 is 5.11 Å².